The zero-order valence-corrected chi connectivity index (χ0v) is 16.8. The van der Waals surface area contributed by atoms with Gasteiger partial charge in [0.15, 0.2) is 0 Å². The zero-order chi connectivity index (χ0) is 17.2. The lowest BCUT2D eigenvalue weighted by atomic mass is 10.2. The lowest BCUT2D eigenvalue weighted by molar-refractivity contribution is -0.665. The van der Waals surface area contributed by atoms with Crippen LogP contribution < -0.4 is 9.47 Å². The largest absolute Gasteiger partial charge is 0.372 e. The highest BCUT2D eigenvalue weighted by atomic mass is 79.9. The lowest BCUT2D eigenvalue weighted by Gasteiger charge is -2.17. The molecule has 2 heterocycles. The third kappa shape index (κ3) is 3.51. The number of aryl methyl sites for hydroxylation is 1. The van der Waals surface area contributed by atoms with Crippen molar-refractivity contribution in [2.24, 2.45) is 0 Å². The quantitative estimate of drug-likeness (QED) is 0.494. The van der Waals surface area contributed by atoms with Crippen LogP contribution in [0.4, 0.5) is 5.69 Å². The summed E-state index contributed by atoms with van der Waals surface area (Å²) < 4.78 is 4.83. The molecule has 1 saturated heterocycles. The van der Waals surface area contributed by atoms with E-state index >= 15 is 0 Å². The number of anilines is 1. The van der Waals surface area contributed by atoms with E-state index in [0.29, 0.717) is 0 Å². The Morgan fingerprint density at radius 1 is 1.08 bits per heavy atom. The van der Waals surface area contributed by atoms with Crippen molar-refractivity contribution in [3.8, 4) is 0 Å². The average Bonchev–Trinajstić information content (AvgIpc) is 3.27. The summed E-state index contributed by atoms with van der Waals surface area (Å²) in [5.41, 5.74) is 3.91. The number of fused-ring (bicyclic) bond motifs is 1. The summed E-state index contributed by atoms with van der Waals surface area (Å²) >= 11 is 5.42. The minimum atomic E-state index is 0.981. The van der Waals surface area contributed by atoms with Crippen molar-refractivity contribution < 1.29 is 4.57 Å². The van der Waals surface area contributed by atoms with Gasteiger partial charge in [-0.3, -0.25) is 0 Å². The second-order valence-electron chi connectivity index (χ2n) is 6.42. The van der Waals surface area contributed by atoms with Gasteiger partial charge in [-0.25, -0.2) is 0 Å². The Balaban J connectivity index is 1.59. The first kappa shape index (κ1) is 16.8. The molecular weight excluding hydrogens is 392 g/mol. The van der Waals surface area contributed by atoms with Crippen molar-refractivity contribution in [1.82, 2.24) is 0 Å². The van der Waals surface area contributed by atoms with Gasteiger partial charge in [0.05, 0.1) is 0 Å². The first-order chi connectivity index (χ1) is 12.2. The van der Waals surface area contributed by atoms with Crippen LogP contribution in [0.25, 0.3) is 22.4 Å². The van der Waals surface area contributed by atoms with Crippen LogP contribution in [0.2, 0.25) is 0 Å². The van der Waals surface area contributed by atoms with E-state index in [9.17, 15) is 0 Å². The Kier molecular flexibility index (Phi) is 4.91. The number of hydrogen-bond acceptors (Lipinski definition) is 2. The van der Waals surface area contributed by atoms with E-state index in [-0.39, 0.29) is 0 Å². The normalized spacial score (nSPS) is 14.9. The molecule has 1 aromatic heterocycles. The van der Waals surface area contributed by atoms with Crippen LogP contribution in [0.1, 0.15) is 30.3 Å². The van der Waals surface area contributed by atoms with Crippen molar-refractivity contribution >= 4 is 55.3 Å². The van der Waals surface area contributed by atoms with Gasteiger partial charge in [-0.2, -0.15) is 4.57 Å². The van der Waals surface area contributed by atoms with E-state index in [0.717, 1.165) is 11.0 Å². The van der Waals surface area contributed by atoms with Gasteiger partial charge >= 0.3 is 0 Å². The molecule has 0 amide bonds. The topological polar surface area (TPSA) is 7.12 Å². The first-order valence-corrected chi connectivity index (χ1v) is 10.5. The molecule has 4 heteroatoms. The molecule has 2 aromatic carbocycles. The molecule has 0 aliphatic carbocycles. The first-order valence-electron chi connectivity index (χ1n) is 8.89. The van der Waals surface area contributed by atoms with Crippen LogP contribution in [0.5, 0.6) is 0 Å². The number of nitrogens with zero attached hydrogens (tertiary/aromatic N) is 2. The summed E-state index contributed by atoms with van der Waals surface area (Å²) in [6, 6.07) is 15.5. The molecule has 2 nitrogen and oxygen atoms in total. The van der Waals surface area contributed by atoms with Gasteiger partial charge in [0.2, 0.25) is 5.52 Å². The van der Waals surface area contributed by atoms with Gasteiger partial charge in [-0.15, -0.1) is 0 Å². The molecule has 1 fully saturated rings. The minimum Gasteiger partial charge on any atom is -0.372 e. The number of halogens is 1. The van der Waals surface area contributed by atoms with E-state index in [1.165, 1.54) is 52.4 Å². The highest BCUT2D eigenvalue weighted by molar-refractivity contribution is 9.10. The molecule has 0 spiro atoms. The molecule has 0 radical (unpaired) electrons. The number of thiazole rings is 1. The molecule has 0 bridgehead atoms. The van der Waals surface area contributed by atoms with Crippen molar-refractivity contribution in [3.05, 3.63) is 57.5 Å². The van der Waals surface area contributed by atoms with Gasteiger partial charge in [0, 0.05) is 35.4 Å². The van der Waals surface area contributed by atoms with Gasteiger partial charge in [0.1, 0.15) is 11.2 Å². The number of rotatable bonds is 4. The molecule has 0 unspecified atom stereocenters. The fourth-order valence-corrected chi connectivity index (χ4v) is 5.15. The van der Waals surface area contributed by atoms with Gasteiger partial charge in [0.25, 0.3) is 5.01 Å². The van der Waals surface area contributed by atoms with E-state index < -0.39 is 0 Å². The van der Waals surface area contributed by atoms with Crippen molar-refractivity contribution in [3.63, 3.8) is 0 Å². The molecule has 4 rings (SSSR count). The van der Waals surface area contributed by atoms with E-state index in [4.69, 9.17) is 0 Å². The molecule has 128 valence electrons. The van der Waals surface area contributed by atoms with E-state index in [2.05, 4.69) is 86.9 Å². The summed E-state index contributed by atoms with van der Waals surface area (Å²) in [4.78, 5) is 2.47. The summed E-state index contributed by atoms with van der Waals surface area (Å²) in [6.07, 6.45) is 7.11. The number of aromatic nitrogens is 1. The van der Waals surface area contributed by atoms with E-state index in [1.807, 2.05) is 11.3 Å². The zero-order valence-electron chi connectivity index (χ0n) is 14.4. The molecule has 25 heavy (non-hydrogen) atoms. The fourth-order valence-electron chi connectivity index (χ4n) is 3.47. The number of hydrogen-bond donors (Lipinski definition) is 0. The van der Waals surface area contributed by atoms with Crippen LogP contribution >= 0.6 is 27.3 Å². The monoisotopic (exact) mass is 413 g/mol. The Hall–Kier alpha value is -1.65. The lowest BCUT2D eigenvalue weighted by Crippen LogP contribution is -2.33. The maximum Gasteiger partial charge on any atom is 0.262 e. The van der Waals surface area contributed by atoms with Crippen LogP contribution in [0.3, 0.4) is 0 Å². The van der Waals surface area contributed by atoms with Gasteiger partial charge < -0.3 is 4.90 Å². The minimum absolute atomic E-state index is 0.981. The highest BCUT2D eigenvalue weighted by Gasteiger charge is 2.17. The maximum atomic E-state index is 3.57. The molecule has 3 aromatic rings. The SMILES string of the molecule is CC[n+]1c(/C=C/c2ccc(N3CCCC3)cc2)sc2cc(Br)ccc21. The van der Waals surface area contributed by atoms with Crippen molar-refractivity contribution in [2.75, 3.05) is 18.0 Å². The summed E-state index contributed by atoms with van der Waals surface area (Å²) in [6.45, 7) is 5.58. The summed E-state index contributed by atoms with van der Waals surface area (Å²) in [7, 11) is 0. The average molecular weight is 414 g/mol. The molecule has 1 aliphatic heterocycles. The van der Waals surface area contributed by atoms with Crippen LogP contribution in [-0.4, -0.2) is 13.1 Å². The second-order valence-corrected chi connectivity index (χ2v) is 8.39. The predicted octanol–water partition coefficient (Wildman–Crippen LogP) is 5.74. The Bertz CT molecular complexity index is 906. The second kappa shape index (κ2) is 7.30. The van der Waals surface area contributed by atoms with Crippen LogP contribution in [0.15, 0.2) is 46.9 Å². The van der Waals surface area contributed by atoms with E-state index in [1.54, 1.807) is 0 Å². The summed E-state index contributed by atoms with van der Waals surface area (Å²) in [5.74, 6) is 0. The van der Waals surface area contributed by atoms with Gasteiger partial charge in [-0.1, -0.05) is 39.4 Å². The Labute approximate surface area is 161 Å². The van der Waals surface area contributed by atoms with Crippen LogP contribution in [0, 0.1) is 0 Å². The van der Waals surface area contributed by atoms with Crippen LogP contribution in [-0.2, 0) is 6.54 Å². The van der Waals surface area contributed by atoms with Crippen molar-refractivity contribution in [1.29, 1.82) is 0 Å². The molecule has 0 saturated carbocycles. The molecule has 1 aliphatic rings. The third-order valence-corrected chi connectivity index (χ3v) is 6.40. The summed E-state index contributed by atoms with van der Waals surface area (Å²) in [5, 5.41) is 1.29. The smallest absolute Gasteiger partial charge is 0.262 e. The Morgan fingerprint density at radius 3 is 2.56 bits per heavy atom. The molecular formula is C21H22BrN2S+. The van der Waals surface area contributed by atoms with Crippen molar-refractivity contribution in [2.45, 2.75) is 26.3 Å². The standard InChI is InChI=1S/C21H22BrN2S/c1-2-24-19-11-8-17(22)15-20(19)25-21(24)12-7-16-5-9-18(10-6-16)23-13-3-4-14-23/h5-12,15H,2-4,13-14H2,1H3/q+1. The van der Waals surface area contributed by atoms with Gasteiger partial charge in [-0.05, 0) is 55.7 Å². The fraction of sp³-hybridized carbons (Fsp3) is 0.286. The molecule has 0 N–H and O–H groups in total. The predicted molar refractivity (Wildman–Crippen MR) is 112 cm³/mol. The maximum absolute atomic E-state index is 3.57. The Morgan fingerprint density at radius 2 is 1.84 bits per heavy atom. The molecule has 0 atom stereocenters. The number of benzene rings is 2. The third-order valence-electron chi connectivity index (χ3n) is 4.79. The highest BCUT2D eigenvalue weighted by Crippen LogP contribution is 2.26.